The van der Waals surface area contributed by atoms with Crippen LogP contribution in [-0.2, 0) is 23.7 Å². The molecule has 4 rings (SSSR count). The zero-order valence-corrected chi connectivity index (χ0v) is 29.8. The highest BCUT2D eigenvalue weighted by Gasteiger charge is 2.42. The number of amides is 2. The molecule has 2 amide bonds. The lowest BCUT2D eigenvalue weighted by atomic mass is 9.88. The van der Waals surface area contributed by atoms with Gasteiger partial charge < -0.3 is 44.3 Å². The molecule has 0 aromatic carbocycles. The van der Waals surface area contributed by atoms with E-state index in [9.17, 15) is 14.4 Å². The Hall–Kier alpha value is -3.42. The summed E-state index contributed by atoms with van der Waals surface area (Å²) in [5, 5.41) is 6.89. The van der Waals surface area contributed by atoms with Crippen LogP contribution in [0.5, 0.6) is 0 Å². The van der Waals surface area contributed by atoms with Crippen LogP contribution >= 0.6 is 0 Å². The van der Waals surface area contributed by atoms with E-state index in [1.807, 2.05) is 32.9 Å². The Bertz CT molecular complexity index is 1170. The van der Waals surface area contributed by atoms with Gasteiger partial charge in [-0.15, -0.1) is 0 Å². The van der Waals surface area contributed by atoms with Gasteiger partial charge in [0.05, 0.1) is 20.3 Å². The molecule has 0 bridgehead atoms. The second-order valence-electron chi connectivity index (χ2n) is 13.1. The summed E-state index contributed by atoms with van der Waals surface area (Å²) >= 11 is 0. The van der Waals surface area contributed by atoms with Gasteiger partial charge in [0, 0.05) is 44.5 Å². The number of H-pyrrole nitrogens is 1. The molecule has 2 saturated heterocycles. The predicted molar refractivity (Wildman–Crippen MR) is 182 cm³/mol. The van der Waals surface area contributed by atoms with Gasteiger partial charge in [-0.25, -0.2) is 9.59 Å². The summed E-state index contributed by atoms with van der Waals surface area (Å²) in [7, 11) is 1.37. The summed E-state index contributed by atoms with van der Waals surface area (Å²) in [5.74, 6) is 1.34. The summed E-state index contributed by atoms with van der Waals surface area (Å²) < 4.78 is 21.1. The molecule has 4 heterocycles. The second-order valence-corrected chi connectivity index (χ2v) is 13.1. The van der Waals surface area contributed by atoms with E-state index in [1.54, 1.807) is 22.9 Å². The molecule has 0 saturated carbocycles. The number of methoxy groups -OCH3 is 1. The molecule has 1 aromatic rings. The second kappa shape index (κ2) is 21.5. The first kappa shape index (κ1) is 43.6. The van der Waals surface area contributed by atoms with Gasteiger partial charge in [-0.3, -0.25) is 9.59 Å². The van der Waals surface area contributed by atoms with Crippen molar-refractivity contribution in [3.8, 4) is 0 Å². The van der Waals surface area contributed by atoms with Crippen molar-refractivity contribution in [2.24, 2.45) is 11.8 Å². The highest BCUT2D eigenvalue weighted by atomic mass is 16.6. The van der Waals surface area contributed by atoms with Crippen molar-refractivity contribution < 1.29 is 43.9 Å². The minimum atomic E-state index is -0.361. The summed E-state index contributed by atoms with van der Waals surface area (Å²) in [6.07, 6.45) is 7.77. The van der Waals surface area contributed by atoms with Crippen LogP contribution in [0, 0.1) is 18.8 Å². The van der Waals surface area contributed by atoms with E-state index in [-0.39, 0.29) is 40.9 Å². The van der Waals surface area contributed by atoms with Gasteiger partial charge in [-0.1, -0.05) is 40.2 Å². The van der Waals surface area contributed by atoms with Crippen molar-refractivity contribution in [1.29, 1.82) is 0 Å². The number of rotatable bonds is 7. The van der Waals surface area contributed by atoms with Crippen LogP contribution in [0.1, 0.15) is 85.3 Å². The van der Waals surface area contributed by atoms with Gasteiger partial charge in [0.25, 0.3) is 12.0 Å². The van der Waals surface area contributed by atoms with Gasteiger partial charge in [-0.2, -0.15) is 0 Å². The third-order valence-corrected chi connectivity index (χ3v) is 8.01. The van der Waals surface area contributed by atoms with E-state index in [4.69, 9.17) is 24.1 Å². The largest absolute Gasteiger partial charge is 0.483 e. The van der Waals surface area contributed by atoms with Crippen molar-refractivity contribution in [2.75, 3.05) is 53.1 Å². The standard InChI is InChI=1S/C12H14N2O3.C12H24O2.C9H17NO2.CH2O2.H2O/c1-8-5-10(6-13-11(8)15)9-3-4-14(7-9)12(16)17-2;1-5-11(4)6-7-14-12(10(2)3)8-13-9-12;1-9(2,3)12-8(11)10-6-4-5-7-10;2-1-3;/h3,5-6H,4,7H2,1-2H3,(H,13,15);10-11H,5-9H2,1-4H3;4-7H2,1-3H3;1H,(H,2,3);1H2. The number of hydrogen-bond donors (Lipinski definition) is 2. The minimum absolute atomic E-state index is 0. The van der Waals surface area contributed by atoms with Crippen LogP contribution in [-0.4, -0.2) is 108 Å². The van der Waals surface area contributed by atoms with Crippen LogP contribution in [0.2, 0.25) is 0 Å². The SMILES string of the molecule is CC(C)(C)OC(=O)N1CCCC1.CCC(C)CCOC1(C(C)C)COC1.COC(=O)N1CC=C(c2c[nH]c(=O)c(C)c2)C1.O.O=CO. The summed E-state index contributed by atoms with van der Waals surface area (Å²) in [6.45, 7) is 21.3. The molecule has 2 fully saturated rings. The first-order valence-electron chi connectivity index (χ1n) is 16.1. The number of carbonyl (C=O) groups excluding carboxylic acids is 2. The van der Waals surface area contributed by atoms with Crippen LogP contribution in [0.3, 0.4) is 0 Å². The zero-order valence-electron chi connectivity index (χ0n) is 29.8. The monoisotopic (exact) mass is 669 g/mol. The third-order valence-electron chi connectivity index (χ3n) is 8.01. The fourth-order valence-electron chi connectivity index (χ4n) is 4.60. The number of carbonyl (C=O) groups is 3. The molecule has 4 N–H and O–H groups in total. The van der Waals surface area contributed by atoms with Crippen LogP contribution in [0.15, 0.2) is 23.1 Å². The molecular formula is C34H59N3O10. The van der Waals surface area contributed by atoms with E-state index in [2.05, 4.69) is 37.4 Å². The molecule has 0 aliphatic carbocycles. The number of aryl methyl sites for hydroxylation is 1. The molecule has 13 heteroatoms. The van der Waals surface area contributed by atoms with Crippen molar-refractivity contribution in [1.82, 2.24) is 14.8 Å². The average molecular weight is 670 g/mol. The normalized spacial score (nSPS) is 16.8. The number of hydrogen-bond acceptors (Lipinski definition) is 8. The Morgan fingerprint density at radius 1 is 1.13 bits per heavy atom. The van der Waals surface area contributed by atoms with E-state index >= 15 is 0 Å². The van der Waals surface area contributed by atoms with E-state index < -0.39 is 0 Å². The number of nitrogens with one attached hydrogen (secondary N) is 1. The highest BCUT2D eigenvalue weighted by Crippen LogP contribution is 2.30. The van der Waals surface area contributed by atoms with Crippen molar-refractivity contribution >= 4 is 24.2 Å². The Kier molecular flexibility index (Phi) is 19.9. The Labute approximate surface area is 279 Å². The molecule has 47 heavy (non-hydrogen) atoms. The molecule has 270 valence electrons. The fourth-order valence-corrected chi connectivity index (χ4v) is 4.60. The maximum absolute atomic E-state index is 11.4. The maximum Gasteiger partial charge on any atom is 0.410 e. The topological polar surface area (TPSA) is 179 Å². The number of likely N-dealkylation sites (tertiary alicyclic amines) is 1. The lowest BCUT2D eigenvalue weighted by Gasteiger charge is -2.44. The Balaban J connectivity index is 0.000000650. The smallest absolute Gasteiger partial charge is 0.410 e. The third kappa shape index (κ3) is 15.4. The minimum Gasteiger partial charge on any atom is -0.483 e. The summed E-state index contributed by atoms with van der Waals surface area (Å²) in [4.78, 5) is 48.3. The molecule has 0 radical (unpaired) electrons. The van der Waals surface area contributed by atoms with Gasteiger partial charge in [0.2, 0.25) is 0 Å². The molecule has 1 unspecified atom stereocenters. The van der Waals surface area contributed by atoms with E-state index in [0.29, 0.717) is 24.6 Å². The average Bonchev–Trinajstić information content (AvgIpc) is 3.69. The van der Waals surface area contributed by atoms with Crippen molar-refractivity contribution in [3.63, 3.8) is 0 Å². The Morgan fingerprint density at radius 2 is 1.72 bits per heavy atom. The molecule has 0 spiro atoms. The van der Waals surface area contributed by atoms with Gasteiger partial charge in [0.15, 0.2) is 0 Å². The molecule has 13 nitrogen and oxygen atoms in total. The molecule has 3 aliphatic heterocycles. The van der Waals surface area contributed by atoms with Gasteiger partial charge in [0.1, 0.15) is 11.2 Å². The number of nitrogens with zero attached hydrogens (tertiary/aromatic N) is 2. The fraction of sp³-hybridized carbons (Fsp3) is 0.706. The molecular weight excluding hydrogens is 610 g/mol. The zero-order chi connectivity index (χ0) is 34.9. The van der Waals surface area contributed by atoms with Crippen molar-refractivity contribution in [2.45, 2.75) is 92.3 Å². The first-order valence-corrected chi connectivity index (χ1v) is 16.1. The van der Waals surface area contributed by atoms with Crippen LogP contribution in [0.25, 0.3) is 5.57 Å². The molecule has 1 atom stereocenters. The van der Waals surface area contributed by atoms with E-state index in [1.165, 1.54) is 20.0 Å². The van der Waals surface area contributed by atoms with Crippen molar-refractivity contribution in [3.05, 3.63) is 39.8 Å². The van der Waals surface area contributed by atoms with Gasteiger partial charge in [-0.05, 0) is 76.0 Å². The predicted octanol–water partition coefficient (Wildman–Crippen LogP) is 4.91. The number of aromatic amines is 1. The number of carboxylic acid groups (broad SMARTS) is 1. The lowest BCUT2D eigenvalue weighted by molar-refractivity contribution is -0.231. The molecule has 1 aromatic heterocycles. The Morgan fingerprint density at radius 3 is 2.17 bits per heavy atom. The van der Waals surface area contributed by atoms with Crippen LogP contribution in [0.4, 0.5) is 9.59 Å². The number of ether oxygens (including phenoxy) is 4. The highest BCUT2D eigenvalue weighted by molar-refractivity contribution is 5.77. The van der Waals surface area contributed by atoms with E-state index in [0.717, 1.165) is 62.8 Å². The lowest BCUT2D eigenvalue weighted by Crippen LogP contribution is -2.56. The quantitative estimate of drug-likeness (QED) is 0.382. The molecule has 3 aliphatic rings. The number of aromatic nitrogens is 1. The summed E-state index contributed by atoms with van der Waals surface area (Å²) in [5.41, 5.74) is 2.22. The maximum atomic E-state index is 11.4. The first-order chi connectivity index (χ1) is 21.6. The van der Waals surface area contributed by atoms with Gasteiger partial charge >= 0.3 is 12.2 Å². The summed E-state index contributed by atoms with van der Waals surface area (Å²) in [6, 6.07) is 1.82. The number of pyridine rings is 1. The van der Waals surface area contributed by atoms with Crippen LogP contribution < -0.4 is 5.56 Å².